The fraction of sp³-hybridized carbons (Fsp3) is 0.133. The Morgan fingerprint density at radius 3 is 2.70 bits per heavy atom. The van der Waals surface area contributed by atoms with Crippen molar-refractivity contribution < 1.29 is 9.90 Å². The van der Waals surface area contributed by atoms with Crippen LogP contribution in [0.15, 0.2) is 46.9 Å². The molecule has 2 N–H and O–H groups in total. The van der Waals surface area contributed by atoms with Gasteiger partial charge in [-0.05, 0) is 51.9 Å². The average molecular weight is 446 g/mol. The zero-order valence-corrected chi connectivity index (χ0v) is 14.3. The van der Waals surface area contributed by atoms with E-state index in [2.05, 4.69) is 43.8 Å². The maximum absolute atomic E-state index is 12.2. The van der Waals surface area contributed by atoms with E-state index >= 15 is 0 Å². The standard InChI is InChI=1S/C15H13BrINO2/c16-12-4-5-14(17)13(7-12)15(20)18-8-10-2-1-3-11(6-10)9-19/h1-7,19H,8-9H2,(H,18,20). The molecule has 2 aromatic carbocycles. The number of carbonyl (C=O) groups is 1. The highest BCUT2D eigenvalue weighted by Gasteiger charge is 2.10. The molecule has 0 aliphatic rings. The molecule has 0 saturated heterocycles. The van der Waals surface area contributed by atoms with Crippen molar-refractivity contribution in [1.82, 2.24) is 5.32 Å². The van der Waals surface area contributed by atoms with Gasteiger partial charge in [0, 0.05) is 14.6 Å². The van der Waals surface area contributed by atoms with E-state index in [4.69, 9.17) is 5.11 Å². The Kier molecular flexibility index (Phi) is 5.56. The summed E-state index contributed by atoms with van der Waals surface area (Å²) in [6, 6.07) is 13.1. The minimum atomic E-state index is -0.106. The number of nitrogens with one attached hydrogen (secondary N) is 1. The molecule has 0 atom stereocenters. The first-order chi connectivity index (χ1) is 9.60. The number of aliphatic hydroxyl groups excluding tert-OH is 1. The quantitative estimate of drug-likeness (QED) is 0.708. The largest absolute Gasteiger partial charge is 0.392 e. The van der Waals surface area contributed by atoms with Gasteiger partial charge >= 0.3 is 0 Å². The second-order valence-electron chi connectivity index (χ2n) is 4.28. The Hall–Kier alpha value is -0.920. The number of carbonyl (C=O) groups excluding carboxylic acids is 1. The van der Waals surface area contributed by atoms with Crippen molar-refractivity contribution in [2.24, 2.45) is 0 Å². The van der Waals surface area contributed by atoms with Crippen molar-refractivity contribution in [2.45, 2.75) is 13.2 Å². The summed E-state index contributed by atoms with van der Waals surface area (Å²) in [6.45, 7) is 0.445. The summed E-state index contributed by atoms with van der Waals surface area (Å²) >= 11 is 5.51. The zero-order chi connectivity index (χ0) is 14.5. The Labute approximate surface area is 139 Å². The van der Waals surface area contributed by atoms with Crippen LogP contribution in [0.25, 0.3) is 0 Å². The third-order valence-corrected chi connectivity index (χ3v) is 4.23. The lowest BCUT2D eigenvalue weighted by Gasteiger charge is -2.08. The Morgan fingerprint density at radius 1 is 1.20 bits per heavy atom. The van der Waals surface area contributed by atoms with E-state index in [1.165, 1.54) is 0 Å². The molecular weight excluding hydrogens is 433 g/mol. The molecule has 0 spiro atoms. The summed E-state index contributed by atoms with van der Waals surface area (Å²) < 4.78 is 1.79. The summed E-state index contributed by atoms with van der Waals surface area (Å²) in [7, 11) is 0. The first kappa shape index (κ1) is 15.5. The van der Waals surface area contributed by atoms with Gasteiger partial charge in [0.15, 0.2) is 0 Å². The Bertz CT molecular complexity index is 631. The topological polar surface area (TPSA) is 49.3 Å². The molecule has 0 aliphatic heterocycles. The van der Waals surface area contributed by atoms with Crippen LogP contribution in [0.5, 0.6) is 0 Å². The molecule has 1 amide bonds. The summed E-state index contributed by atoms with van der Waals surface area (Å²) in [6.07, 6.45) is 0. The van der Waals surface area contributed by atoms with E-state index in [0.29, 0.717) is 12.1 Å². The van der Waals surface area contributed by atoms with Crippen LogP contribution in [0.1, 0.15) is 21.5 Å². The van der Waals surface area contributed by atoms with Crippen LogP contribution in [-0.2, 0) is 13.2 Å². The summed E-state index contributed by atoms with van der Waals surface area (Å²) in [4.78, 5) is 12.2. The van der Waals surface area contributed by atoms with Gasteiger partial charge in [-0.15, -0.1) is 0 Å². The maximum Gasteiger partial charge on any atom is 0.252 e. The lowest BCUT2D eigenvalue weighted by Crippen LogP contribution is -2.23. The van der Waals surface area contributed by atoms with Crippen LogP contribution in [-0.4, -0.2) is 11.0 Å². The third-order valence-electron chi connectivity index (χ3n) is 2.80. The molecule has 0 saturated carbocycles. The minimum Gasteiger partial charge on any atom is -0.392 e. The van der Waals surface area contributed by atoms with Crippen LogP contribution >= 0.6 is 38.5 Å². The van der Waals surface area contributed by atoms with Gasteiger partial charge in [-0.25, -0.2) is 0 Å². The molecule has 0 bridgehead atoms. The molecule has 0 aromatic heterocycles. The van der Waals surface area contributed by atoms with Crippen molar-refractivity contribution in [3.63, 3.8) is 0 Å². The van der Waals surface area contributed by atoms with Crippen LogP contribution in [0.3, 0.4) is 0 Å². The smallest absolute Gasteiger partial charge is 0.252 e. The molecule has 2 rings (SSSR count). The van der Waals surface area contributed by atoms with Crippen LogP contribution in [0, 0.1) is 3.57 Å². The van der Waals surface area contributed by atoms with Crippen molar-refractivity contribution in [3.8, 4) is 0 Å². The number of benzene rings is 2. The predicted molar refractivity (Wildman–Crippen MR) is 90.4 cm³/mol. The minimum absolute atomic E-state index is 0.00527. The molecule has 20 heavy (non-hydrogen) atoms. The molecule has 3 nitrogen and oxygen atoms in total. The molecule has 0 fully saturated rings. The summed E-state index contributed by atoms with van der Waals surface area (Å²) in [5.41, 5.74) is 2.46. The lowest BCUT2D eigenvalue weighted by molar-refractivity contribution is 0.0950. The fourth-order valence-corrected chi connectivity index (χ4v) is 2.73. The van der Waals surface area contributed by atoms with Crippen molar-refractivity contribution in [3.05, 3.63) is 67.2 Å². The van der Waals surface area contributed by atoms with E-state index < -0.39 is 0 Å². The van der Waals surface area contributed by atoms with E-state index in [9.17, 15) is 4.79 Å². The van der Waals surface area contributed by atoms with E-state index in [-0.39, 0.29) is 12.5 Å². The van der Waals surface area contributed by atoms with Gasteiger partial charge < -0.3 is 10.4 Å². The third kappa shape index (κ3) is 4.04. The summed E-state index contributed by atoms with van der Waals surface area (Å²) in [5, 5.41) is 12.0. The van der Waals surface area contributed by atoms with E-state index in [1.54, 1.807) is 6.07 Å². The molecule has 0 heterocycles. The Morgan fingerprint density at radius 2 is 1.95 bits per heavy atom. The molecule has 104 valence electrons. The SMILES string of the molecule is O=C(NCc1cccc(CO)c1)c1cc(Br)ccc1I. The van der Waals surface area contributed by atoms with Crippen molar-refractivity contribution in [2.75, 3.05) is 0 Å². The van der Waals surface area contributed by atoms with Gasteiger partial charge in [-0.1, -0.05) is 40.2 Å². The maximum atomic E-state index is 12.2. The molecule has 0 aliphatic carbocycles. The highest BCUT2D eigenvalue weighted by atomic mass is 127. The van der Waals surface area contributed by atoms with Crippen molar-refractivity contribution in [1.29, 1.82) is 0 Å². The van der Waals surface area contributed by atoms with Crippen LogP contribution < -0.4 is 5.32 Å². The number of rotatable bonds is 4. The molecule has 0 radical (unpaired) electrons. The number of amides is 1. The Balaban J connectivity index is 2.06. The zero-order valence-electron chi connectivity index (χ0n) is 10.6. The van der Waals surface area contributed by atoms with E-state index in [1.807, 2.05) is 36.4 Å². The van der Waals surface area contributed by atoms with Gasteiger partial charge in [0.2, 0.25) is 0 Å². The number of halogens is 2. The van der Waals surface area contributed by atoms with Gasteiger partial charge in [0.1, 0.15) is 0 Å². The fourth-order valence-electron chi connectivity index (χ4n) is 1.79. The van der Waals surface area contributed by atoms with Crippen molar-refractivity contribution >= 4 is 44.4 Å². The second-order valence-corrected chi connectivity index (χ2v) is 6.36. The number of hydrogen-bond donors (Lipinski definition) is 2. The van der Waals surface area contributed by atoms with Gasteiger partial charge in [-0.3, -0.25) is 4.79 Å². The van der Waals surface area contributed by atoms with Gasteiger partial charge in [-0.2, -0.15) is 0 Å². The monoisotopic (exact) mass is 445 g/mol. The lowest BCUT2D eigenvalue weighted by atomic mass is 10.1. The van der Waals surface area contributed by atoms with Crippen LogP contribution in [0.4, 0.5) is 0 Å². The average Bonchev–Trinajstić information content (AvgIpc) is 2.47. The predicted octanol–water partition coefficient (Wildman–Crippen LogP) is 3.48. The van der Waals surface area contributed by atoms with Gasteiger partial charge in [0.05, 0.1) is 12.2 Å². The second kappa shape index (κ2) is 7.19. The first-order valence-corrected chi connectivity index (χ1v) is 7.89. The van der Waals surface area contributed by atoms with E-state index in [0.717, 1.165) is 19.2 Å². The molecule has 5 heteroatoms. The summed E-state index contributed by atoms with van der Waals surface area (Å²) in [5.74, 6) is -0.106. The van der Waals surface area contributed by atoms with Crippen LogP contribution in [0.2, 0.25) is 0 Å². The normalized spacial score (nSPS) is 10.3. The molecular formula is C15H13BrINO2. The number of hydrogen-bond acceptors (Lipinski definition) is 2. The molecule has 0 unspecified atom stereocenters. The molecule has 2 aromatic rings. The highest BCUT2D eigenvalue weighted by molar-refractivity contribution is 14.1. The highest BCUT2D eigenvalue weighted by Crippen LogP contribution is 2.18. The number of aliphatic hydroxyl groups is 1. The first-order valence-electron chi connectivity index (χ1n) is 6.02. The van der Waals surface area contributed by atoms with Gasteiger partial charge in [0.25, 0.3) is 5.91 Å².